The van der Waals surface area contributed by atoms with Gasteiger partial charge in [0.1, 0.15) is 0 Å². The molecule has 0 radical (unpaired) electrons. The topological polar surface area (TPSA) is 54.0 Å². The fourth-order valence-electron chi connectivity index (χ4n) is 1.94. The van der Waals surface area contributed by atoms with Crippen molar-refractivity contribution in [2.45, 2.75) is 31.6 Å². The minimum Gasteiger partial charge on any atom is -0.338 e. The SMILES string of the molecule is CSc1ccc(NC(=O)NCCCc2nc(C)c(C)s2)cc1. The zero-order valence-corrected chi connectivity index (χ0v) is 14.7. The lowest BCUT2D eigenvalue weighted by molar-refractivity contribution is 0.252. The Hall–Kier alpha value is -1.53. The van der Waals surface area contributed by atoms with E-state index in [-0.39, 0.29) is 6.03 Å². The van der Waals surface area contributed by atoms with Crippen LogP contribution in [0.25, 0.3) is 0 Å². The highest BCUT2D eigenvalue weighted by atomic mass is 32.2. The Balaban J connectivity index is 1.68. The van der Waals surface area contributed by atoms with E-state index in [1.54, 1.807) is 23.1 Å². The van der Waals surface area contributed by atoms with Crippen LogP contribution in [0.4, 0.5) is 10.5 Å². The molecule has 2 rings (SSSR count). The molecular weight excluding hydrogens is 314 g/mol. The second-order valence-electron chi connectivity index (χ2n) is 4.96. The van der Waals surface area contributed by atoms with Gasteiger partial charge in [0.05, 0.1) is 10.7 Å². The highest BCUT2D eigenvalue weighted by Gasteiger charge is 2.04. The largest absolute Gasteiger partial charge is 0.338 e. The third kappa shape index (κ3) is 5.03. The van der Waals surface area contributed by atoms with Gasteiger partial charge in [-0.05, 0) is 50.8 Å². The minimum absolute atomic E-state index is 0.164. The maximum atomic E-state index is 11.8. The molecule has 22 heavy (non-hydrogen) atoms. The number of carbonyl (C=O) groups excluding carboxylic acids is 1. The van der Waals surface area contributed by atoms with Crippen LogP contribution in [0.1, 0.15) is 22.0 Å². The Kier molecular flexibility index (Phi) is 6.27. The van der Waals surface area contributed by atoms with Crippen LogP contribution in [0.3, 0.4) is 0 Å². The van der Waals surface area contributed by atoms with Crippen LogP contribution < -0.4 is 10.6 Å². The number of aryl methyl sites for hydroxylation is 3. The van der Waals surface area contributed by atoms with Gasteiger partial charge in [-0.3, -0.25) is 0 Å². The van der Waals surface area contributed by atoms with E-state index >= 15 is 0 Å². The fourth-order valence-corrected chi connectivity index (χ4v) is 3.32. The molecule has 0 aliphatic heterocycles. The molecule has 0 fully saturated rings. The first-order valence-electron chi connectivity index (χ1n) is 7.20. The smallest absolute Gasteiger partial charge is 0.319 e. The van der Waals surface area contributed by atoms with Crippen molar-refractivity contribution in [3.63, 3.8) is 0 Å². The van der Waals surface area contributed by atoms with Crippen LogP contribution in [-0.4, -0.2) is 23.8 Å². The molecule has 0 unspecified atom stereocenters. The van der Waals surface area contributed by atoms with E-state index in [0.29, 0.717) is 6.54 Å². The number of rotatable bonds is 6. The molecule has 2 aromatic rings. The molecule has 4 nitrogen and oxygen atoms in total. The number of nitrogens with zero attached hydrogens (tertiary/aromatic N) is 1. The van der Waals surface area contributed by atoms with E-state index in [4.69, 9.17) is 0 Å². The van der Waals surface area contributed by atoms with Crippen LogP contribution in [0.2, 0.25) is 0 Å². The molecule has 0 saturated heterocycles. The van der Waals surface area contributed by atoms with Gasteiger partial charge in [0.15, 0.2) is 0 Å². The maximum Gasteiger partial charge on any atom is 0.319 e. The predicted molar refractivity (Wildman–Crippen MR) is 95.2 cm³/mol. The predicted octanol–water partition coefficient (Wildman–Crippen LogP) is 4.24. The summed E-state index contributed by atoms with van der Waals surface area (Å²) in [5, 5.41) is 6.85. The van der Waals surface area contributed by atoms with Gasteiger partial charge in [-0.1, -0.05) is 0 Å². The van der Waals surface area contributed by atoms with E-state index in [1.807, 2.05) is 37.4 Å². The van der Waals surface area contributed by atoms with Gasteiger partial charge in [-0.15, -0.1) is 23.1 Å². The lowest BCUT2D eigenvalue weighted by Crippen LogP contribution is -2.29. The first-order chi connectivity index (χ1) is 10.6. The molecule has 0 saturated carbocycles. The number of aromatic nitrogens is 1. The lowest BCUT2D eigenvalue weighted by atomic mass is 10.3. The van der Waals surface area contributed by atoms with Crippen molar-refractivity contribution in [3.8, 4) is 0 Å². The van der Waals surface area contributed by atoms with Crippen molar-refractivity contribution >= 4 is 34.8 Å². The zero-order chi connectivity index (χ0) is 15.9. The summed E-state index contributed by atoms with van der Waals surface area (Å²) in [6.45, 7) is 4.76. The standard InChI is InChI=1S/C16H21N3OS2/c1-11-12(2)22-15(18-11)5-4-10-17-16(20)19-13-6-8-14(21-3)9-7-13/h6-9H,4-5,10H2,1-3H3,(H2,17,19,20). The Morgan fingerprint density at radius 3 is 2.59 bits per heavy atom. The third-order valence-electron chi connectivity index (χ3n) is 3.27. The summed E-state index contributed by atoms with van der Waals surface area (Å²) in [7, 11) is 0. The summed E-state index contributed by atoms with van der Waals surface area (Å²) >= 11 is 3.42. The van der Waals surface area contributed by atoms with Gasteiger partial charge < -0.3 is 10.6 Å². The molecule has 1 heterocycles. The Bertz CT molecular complexity index is 603. The Morgan fingerprint density at radius 1 is 1.27 bits per heavy atom. The second kappa shape index (κ2) is 8.19. The van der Waals surface area contributed by atoms with Gasteiger partial charge in [0, 0.05) is 28.4 Å². The second-order valence-corrected chi connectivity index (χ2v) is 7.13. The van der Waals surface area contributed by atoms with E-state index in [1.165, 1.54) is 9.77 Å². The highest BCUT2D eigenvalue weighted by Crippen LogP contribution is 2.18. The van der Waals surface area contributed by atoms with Crippen molar-refractivity contribution < 1.29 is 4.79 Å². The average molecular weight is 335 g/mol. The molecule has 0 bridgehead atoms. The van der Waals surface area contributed by atoms with Gasteiger partial charge in [0.25, 0.3) is 0 Å². The van der Waals surface area contributed by atoms with Crippen molar-refractivity contribution in [1.29, 1.82) is 0 Å². The summed E-state index contributed by atoms with van der Waals surface area (Å²) in [5.74, 6) is 0. The number of carbonyl (C=O) groups is 1. The highest BCUT2D eigenvalue weighted by molar-refractivity contribution is 7.98. The van der Waals surface area contributed by atoms with E-state index in [0.717, 1.165) is 29.2 Å². The van der Waals surface area contributed by atoms with Crippen LogP contribution in [-0.2, 0) is 6.42 Å². The zero-order valence-electron chi connectivity index (χ0n) is 13.1. The number of thioether (sulfide) groups is 1. The normalized spacial score (nSPS) is 10.5. The number of amides is 2. The molecule has 1 aromatic carbocycles. The summed E-state index contributed by atoms with van der Waals surface area (Å²) in [6, 6.07) is 7.64. The van der Waals surface area contributed by atoms with Gasteiger partial charge >= 0.3 is 6.03 Å². The van der Waals surface area contributed by atoms with Crippen molar-refractivity contribution in [3.05, 3.63) is 39.8 Å². The van der Waals surface area contributed by atoms with Crippen LogP contribution in [0, 0.1) is 13.8 Å². The van der Waals surface area contributed by atoms with Gasteiger partial charge in [-0.2, -0.15) is 0 Å². The molecule has 2 amide bonds. The van der Waals surface area contributed by atoms with Crippen LogP contribution in [0.5, 0.6) is 0 Å². The number of nitrogens with one attached hydrogen (secondary N) is 2. The van der Waals surface area contributed by atoms with Crippen LogP contribution in [0.15, 0.2) is 29.2 Å². The molecule has 2 N–H and O–H groups in total. The molecule has 0 spiro atoms. The number of hydrogen-bond donors (Lipinski definition) is 2. The van der Waals surface area contributed by atoms with Crippen molar-refractivity contribution in [2.75, 3.05) is 18.1 Å². The minimum atomic E-state index is -0.164. The first-order valence-corrected chi connectivity index (χ1v) is 9.24. The monoisotopic (exact) mass is 335 g/mol. The van der Waals surface area contributed by atoms with Crippen molar-refractivity contribution in [2.24, 2.45) is 0 Å². The average Bonchev–Trinajstić information content (AvgIpc) is 2.83. The summed E-state index contributed by atoms with van der Waals surface area (Å²) < 4.78 is 0. The van der Waals surface area contributed by atoms with Crippen LogP contribution >= 0.6 is 23.1 Å². The number of thiazole rings is 1. The molecule has 0 aliphatic rings. The third-order valence-corrected chi connectivity index (χ3v) is 5.15. The maximum absolute atomic E-state index is 11.8. The van der Waals surface area contributed by atoms with E-state index in [2.05, 4.69) is 22.5 Å². The lowest BCUT2D eigenvalue weighted by Gasteiger charge is -2.07. The Morgan fingerprint density at radius 2 is 2.00 bits per heavy atom. The van der Waals surface area contributed by atoms with Gasteiger partial charge in [0.2, 0.25) is 0 Å². The molecule has 6 heteroatoms. The van der Waals surface area contributed by atoms with E-state index in [9.17, 15) is 4.79 Å². The molecular formula is C16H21N3OS2. The number of hydrogen-bond acceptors (Lipinski definition) is 4. The summed E-state index contributed by atoms with van der Waals surface area (Å²) in [4.78, 5) is 18.7. The molecule has 118 valence electrons. The van der Waals surface area contributed by atoms with Gasteiger partial charge in [-0.25, -0.2) is 9.78 Å². The fraction of sp³-hybridized carbons (Fsp3) is 0.375. The quantitative estimate of drug-likeness (QED) is 0.613. The van der Waals surface area contributed by atoms with Crippen molar-refractivity contribution in [1.82, 2.24) is 10.3 Å². The number of benzene rings is 1. The summed E-state index contributed by atoms with van der Waals surface area (Å²) in [5.41, 5.74) is 1.92. The molecule has 0 atom stereocenters. The first kappa shape index (κ1) is 16.8. The van der Waals surface area contributed by atoms with E-state index < -0.39 is 0 Å². The number of anilines is 1. The Labute approximate surface area is 139 Å². The number of urea groups is 1. The molecule has 1 aromatic heterocycles. The summed E-state index contributed by atoms with van der Waals surface area (Å²) in [6.07, 6.45) is 3.83. The molecule has 0 aliphatic carbocycles.